The van der Waals surface area contributed by atoms with Crippen LogP contribution >= 0.6 is 11.3 Å². The second-order valence-electron chi connectivity index (χ2n) is 5.96. The molecule has 4 aromatic rings. The summed E-state index contributed by atoms with van der Waals surface area (Å²) in [5.74, 6) is 1.45. The van der Waals surface area contributed by atoms with Gasteiger partial charge in [-0.15, -0.1) is 11.3 Å². The van der Waals surface area contributed by atoms with Gasteiger partial charge in [0.25, 0.3) is 10.0 Å². The monoisotopic (exact) mass is 416 g/mol. The van der Waals surface area contributed by atoms with Crippen molar-refractivity contribution >= 4 is 27.0 Å². The Balaban J connectivity index is 1.63. The van der Waals surface area contributed by atoms with Gasteiger partial charge in [0.05, 0.1) is 11.1 Å². The van der Waals surface area contributed by atoms with Crippen molar-refractivity contribution in [3.05, 3.63) is 53.4 Å². The first-order valence-electron chi connectivity index (χ1n) is 8.43. The van der Waals surface area contributed by atoms with Gasteiger partial charge >= 0.3 is 0 Å². The molecule has 0 fully saturated rings. The van der Waals surface area contributed by atoms with Crippen LogP contribution < -0.4 is 4.72 Å². The Labute approximate surface area is 165 Å². The molecule has 0 unspecified atom stereocenters. The second kappa shape index (κ2) is 7.21. The lowest BCUT2D eigenvalue weighted by Gasteiger charge is -2.08. The number of nitrogens with zero attached hydrogens (tertiary/aromatic N) is 3. The zero-order valence-electron chi connectivity index (χ0n) is 15.0. The van der Waals surface area contributed by atoms with Crippen molar-refractivity contribution in [2.45, 2.75) is 25.2 Å². The lowest BCUT2D eigenvalue weighted by molar-refractivity contribution is 0.383. The zero-order valence-corrected chi connectivity index (χ0v) is 16.7. The van der Waals surface area contributed by atoms with Crippen molar-refractivity contribution in [1.82, 2.24) is 15.3 Å². The fourth-order valence-electron chi connectivity index (χ4n) is 2.65. The highest BCUT2D eigenvalue weighted by atomic mass is 32.2. The number of thiophene rings is 1. The smallest absolute Gasteiger partial charge is 0.263 e. The predicted molar refractivity (Wildman–Crippen MR) is 104 cm³/mol. The van der Waals surface area contributed by atoms with Gasteiger partial charge in [-0.05, 0) is 25.1 Å². The molecule has 0 atom stereocenters. The molecule has 3 aromatic heterocycles. The Kier molecular flexibility index (Phi) is 4.73. The first kappa shape index (κ1) is 18.4. The van der Waals surface area contributed by atoms with Gasteiger partial charge in [-0.25, -0.2) is 8.42 Å². The van der Waals surface area contributed by atoms with E-state index in [2.05, 4.69) is 20.0 Å². The summed E-state index contributed by atoms with van der Waals surface area (Å²) in [6.45, 7) is 3.65. The number of benzene rings is 1. The number of hydrogen-bond donors (Lipinski definition) is 1. The highest BCUT2D eigenvalue weighted by Crippen LogP contribution is 2.33. The summed E-state index contributed by atoms with van der Waals surface area (Å²) < 4.78 is 38.7. The predicted octanol–water partition coefficient (Wildman–Crippen LogP) is 4.12. The summed E-state index contributed by atoms with van der Waals surface area (Å²) in [5.41, 5.74) is 1.15. The second-order valence-corrected chi connectivity index (χ2v) is 8.87. The average Bonchev–Trinajstić information content (AvgIpc) is 3.42. The van der Waals surface area contributed by atoms with Gasteiger partial charge in [-0.1, -0.05) is 29.4 Å². The fraction of sp³-hybridized carbons (Fsp3) is 0.167. The van der Waals surface area contributed by atoms with Gasteiger partial charge in [0.2, 0.25) is 11.7 Å². The molecule has 0 aliphatic carbocycles. The lowest BCUT2D eigenvalue weighted by atomic mass is 10.1. The first-order valence-corrected chi connectivity index (χ1v) is 10.7. The van der Waals surface area contributed by atoms with Gasteiger partial charge in [0.15, 0.2) is 5.76 Å². The molecule has 0 bridgehead atoms. The molecule has 1 N–H and O–H groups in total. The molecule has 0 saturated carbocycles. The minimum absolute atomic E-state index is 0.181. The number of aromatic nitrogens is 3. The van der Waals surface area contributed by atoms with Gasteiger partial charge in [0, 0.05) is 28.6 Å². The Hall–Kier alpha value is -2.98. The van der Waals surface area contributed by atoms with Crippen LogP contribution in [0.1, 0.15) is 17.7 Å². The Morgan fingerprint density at radius 3 is 2.75 bits per heavy atom. The van der Waals surface area contributed by atoms with Crippen LogP contribution in [0.3, 0.4) is 0 Å². The van der Waals surface area contributed by atoms with E-state index in [1.165, 1.54) is 17.5 Å². The number of anilines is 1. The van der Waals surface area contributed by atoms with Crippen LogP contribution in [0.15, 0.2) is 56.5 Å². The van der Waals surface area contributed by atoms with Crippen LogP contribution in [-0.4, -0.2) is 23.7 Å². The van der Waals surface area contributed by atoms with Crippen molar-refractivity contribution < 1.29 is 17.5 Å². The molecule has 0 radical (unpaired) electrons. The van der Waals surface area contributed by atoms with Crippen LogP contribution in [0, 0.1) is 6.92 Å². The maximum Gasteiger partial charge on any atom is 0.263 e. The van der Waals surface area contributed by atoms with Crippen LogP contribution in [0.4, 0.5) is 5.69 Å². The minimum atomic E-state index is -3.79. The Morgan fingerprint density at radius 2 is 2.04 bits per heavy atom. The number of sulfonamides is 1. The molecular weight excluding hydrogens is 400 g/mol. The topological polar surface area (TPSA) is 111 Å². The van der Waals surface area contributed by atoms with Gasteiger partial charge in [-0.3, -0.25) is 4.72 Å². The van der Waals surface area contributed by atoms with Crippen LogP contribution in [-0.2, 0) is 16.4 Å². The van der Waals surface area contributed by atoms with E-state index in [4.69, 9.17) is 9.05 Å². The number of hydrogen-bond acceptors (Lipinski definition) is 8. The summed E-state index contributed by atoms with van der Waals surface area (Å²) in [4.78, 5) is 5.71. The lowest BCUT2D eigenvalue weighted by Crippen LogP contribution is -2.13. The SMILES string of the molecule is CCc1nc(-c2cc(S(=O)(=O)Nc3cccc(-c4ccno4)c3)c(C)s2)no1. The van der Waals surface area contributed by atoms with Gasteiger partial charge in [-0.2, -0.15) is 4.98 Å². The van der Waals surface area contributed by atoms with E-state index in [9.17, 15) is 8.42 Å². The maximum absolute atomic E-state index is 12.9. The Bertz CT molecular complexity index is 1210. The minimum Gasteiger partial charge on any atom is -0.356 e. The van der Waals surface area contributed by atoms with Crippen molar-refractivity contribution in [3.63, 3.8) is 0 Å². The van der Waals surface area contributed by atoms with E-state index in [1.54, 1.807) is 37.3 Å². The largest absolute Gasteiger partial charge is 0.356 e. The highest BCUT2D eigenvalue weighted by Gasteiger charge is 2.22. The molecule has 0 aliphatic heterocycles. The molecule has 0 spiro atoms. The van der Waals surface area contributed by atoms with Crippen molar-refractivity contribution in [2.24, 2.45) is 0 Å². The molecule has 1 aromatic carbocycles. The third kappa shape index (κ3) is 3.56. The molecule has 144 valence electrons. The highest BCUT2D eigenvalue weighted by molar-refractivity contribution is 7.93. The molecular formula is C18H16N4O4S2. The van der Waals surface area contributed by atoms with E-state index in [0.717, 1.165) is 5.56 Å². The number of rotatable bonds is 6. The van der Waals surface area contributed by atoms with E-state index in [0.29, 0.717) is 39.3 Å². The third-order valence-electron chi connectivity index (χ3n) is 3.99. The first-order chi connectivity index (χ1) is 13.5. The molecule has 8 nitrogen and oxygen atoms in total. The van der Waals surface area contributed by atoms with Crippen LogP contribution in [0.25, 0.3) is 22.0 Å². The van der Waals surface area contributed by atoms with Crippen molar-refractivity contribution in [3.8, 4) is 22.0 Å². The van der Waals surface area contributed by atoms with Gasteiger partial charge < -0.3 is 9.05 Å². The maximum atomic E-state index is 12.9. The van der Waals surface area contributed by atoms with Crippen LogP contribution in [0.2, 0.25) is 0 Å². The zero-order chi connectivity index (χ0) is 19.7. The molecule has 4 rings (SSSR count). The fourth-order valence-corrected chi connectivity index (χ4v) is 5.22. The molecule has 0 aliphatic rings. The standard InChI is InChI=1S/C18H16N4O4S2/c1-3-17-20-18(21-26-17)15-10-16(11(2)27-15)28(23,24)22-13-6-4-5-12(9-13)14-7-8-19-25-14/h4-10,22H,3H2,1-2H3. The van der Waals surface area contributed by atoms with Gasteiger partial charge in [0.1, 0.15) is 4.90 Å². The third-order valence-corrected chi connectivity index (χ3v) is 6.67. The average molecular weight is 416 g/mol. The summed E-state index contributed by atoms with van der Waals surface area (Å²) >= 11 is 1.30. The van der Waals surface area contributed by atoms with E-state index in [1.807, 2.05) is 13.0 Å². The van der Waals surface area contributed by atoms with Crippen molar-refractivity contribution in [2.75, 3.05) is 4.72 Å². The molecule has 28 heavy (non-hydrogen) atoms. The molecule has 3 heterocycles. The molecule has 0 amide bonds. The van der Waals surface area contributed by atoms with Crippen molar-refractivity contribution in [1.29, 1.82) is 0 Å². The normalized spacial score (nSPS) is 11.6. The summed E-state index contributed by atoms with van der Waals surface area (Å²) in [5, 5.41) is 7.58. The summed E-state index contributed by atoms with van der Waals surface area (Å²) in [7, 11) is -3.79. The Morgan fingerprint density at radius 1 is 1.18 bits per heavy atom. The number of nitrogens with one attached hydrogen (secondary N) is 1. The quantitative estimate of drug-likeness (QED) is 0.503. The van der Waals surface area contributed by atoms with E-state index in [-0.39, 0.29) is 4.90 Å². The number of aryl methyl sites for hydroxylation is 2. The molecule has 10 heteroatoms. The van der Waals surface area contributed by atoms with E-state index >= 15 is 0 Å². The molecule has 0 saturated heterocycles. The van der Waals surface area contributed by atoms with Crippen LogP contribution in [0.5, 0.6) is 0 Å². The van der Waals surface area contributed by atoms with E-state index < -0.39 is 10.0 Å². The summed E-state index contributed by atoms with van der Waals surface area (Å²) in [6.07, 6.45) is 2.15. The summed E-state index contributed by atoms with van der Waals surface area (Å²) in [6, 6.07) is 10.2.